The van der Waals surface area contributed by atoms with Crippen LogP contribution >= 0.6 is 23.4 Å². The highest BCUT2D eigenvalue weighted by molar-refractivity contribution is 8.19. The van der Waals surface area contributed by atoms with Crippen LogP contribution in [0.1, 0.15) is 16.7 Å². The molecule has 2 N–H and O–H groups in total. The molecule has 2 amide bonds. The molecule has 0 spiro atoms. The van der Waals surface area contributed by atoms with Crippen molar-refractivity contribution in [2.24, 2.45) is 0 Å². The molecule has 0 saturated carbocycles. The van der Waals surface area contributed by atoms with Crippen LogP contribution in [-0.2, 0) is 15.8 Å². The Bertz CT molecular complexity index is 1410. The van der Waals surface area contributed by atoms with Crippen LogP contribution in [0.25, 0.3) is 6.08 Å². The molecule has 11 heteroatoms. The van der Waals surface area contributed by atoms with E-state index < -0.39 is 23.6 Å². The lowest BCUT2D eigenvalue weighted by Gasteiger charge is -2.16. The summed E-state index contributed by atoms with van der Waals surface area (Å²) in [6.07, 6.45) is -3.17. The summed E-state index contributed by atoms with van der Waals surface area (Å²) in [4.78, 5) is 26.4. The smallest absolute Gasteiger partial charge is 0.416 e. The Morgan fingerprint density at radius 3 is 2.57 bits per heavy atom. The predicted molar refractivity (Wildman–Crippen MR) is 139 cm³/mol. The number of hydrogen-bond acceptors (Lipinski definition) is 5. The fraction of sp³-hybridized carbons (Fsp3) is 0.115. The third-order valence-corrected chi connectivity index (χ3v) is 6.33. The van der Waals surface area contributed by atoms with Crippen LogP contribution < -0.4 is 15.0 Å². The van der Waals surface area contributed by atoms with Crippen LogP contribution in [0.3, 0.4) is 0 Å². The molecule has 0 aromatic heterocycles. The third-order valence-electron chi connectivity index (χ3n) is 5.21. The first kappa shape index (κ1) is 26.3. The number of rotatable bonds is 6. The SMILES string of the molecule is Cc1ccc(NC(=O)COc2ccc(Cl)cc2/C=C2\SC(=N)N(c3cccc(C(F)(F)F)c3)C2=O)cc1. The predicted octanol–water partition coefficient (Wildman–Crippen LogP) is 6.74. The fourth-order valence-electron chi connectivity index (χ4n) is 3.42. The first-order chi connectivity index (χ1) is 17.5. The number of amides is 2. The molecule has 0 unspecified atom stereocenters. The maximum Gasteiger partial charge on any atom is 0.416 e. The molecule has 1 aliphatic rings. The average Bonchev–Trinajstić information content (AvgIpc) is 3.12. The summed E-state index contributed by atoms with van der Waals surface area (Å²) >= 11 is 6.91. The van der Waals surface area contributed by atoms with Gasteiger partial charge in [-0.15, -0.1) is 0 Å². The van der Waals surface area contributed by atoms with Gasteiger partial charge in [0.2, 0.25) is 0 Å². The molecule has 3 aromatic carbocycles. The first-order valence-electron chi connectivity index (χ1n) is 10.8. The van der Waals surface area contributed by atoms with Gasteiger partial charge in [0, 0.05) is 16.3 Å². The standard InChI is InChI=1S/C26H19ClF3N3O3S/c1-15-5-8-19(9-6-15)32-23(34)14-36-21-10-7-18(27)11-16(21)12-22-24(35)33(25(31)37-22)20-4-2-3-17(13-20)26(28,29)30/h2-13,31H,14H2,1H3,(H,32,34)/b22-12-,31-25?. The number of benzene rings is 3. The summed E-state index contributed by atoms with van der Waals surface area (Å²) < 4.78 is 45.1. The number of alkyl halides is 3. The second kappa shape index (κ2) is 10.7. The van der Waals surface area contributed by atoms with E-state index in [2.05, 4.69) is 5.32 Å². The van der Waals surface area contributed by atoms with Crippen LogP contribution in [0.15, 0.2) is 71.6 Å². The van der Waals surface area contributed by atoms with Crippen molar-refractivity contribution in [3.05, 3.63) is 93.3 Å². The molecule has 1 fully saturated rings. The van der Waals surface area contributed by atoms with Gasteiger partial charge in [0.25, 0.3) is 11.8 Å². The summed E-state index contributed by atoms with van der Waals surface area (Å²) in [7, 11) is 0. The molecule has 0 bridgehead atoms. The number of anilines is 2. The number of halogens is 4. The van der Waals surface area contributed by atoms with Crippen molar-refractivity contribution < 1.29 is 27.5 Å². The molecule has 0 atom stereocenters. The summed E-state index contributed by atoms with van der Waals surface area (Å²) in [5.41, 5.74) is 1.02. The van der Waals surface area contributed by atoms with Gasteiger partial charge in [-0.2, -0.15) is 13.2 Å². The Kier molecular flexibility index (Phi) is 7.60. The average molecular weight is 546 g/mol. The maximum absolute atomic E-state index is 13.1. The van der Waals surface area contributed by atoms with Gasteiger partial charge in [-0.05, 0) is 73.3 Å². The molecule has 6 nitrogen and oxygen atoms in total. The molecule has 190 valence electrons. The van der Waals surface area contributed by atoms with Crippen LogP contribution in [0.4, 0.5) is 24.5 Å². The quantitative estimate of drug-likeness (QED) is 0.336. The number of ether oxygens (including phenoxy) is 1. The van der Waals surface area contributed by atoms with Gasteiger partial charge in [-0.1, -0.05) is 35.4 Å². The highest BCUT2D eigenvalue weighted by atomic mass is 35.5. The van der Waals surface area contributed by atoms with E-state index in [1.54, 1.807) is 18.2 Å². The zero-order chi connectivity index (χ0) is 26.7. The summed E-state index contributed by atoms with van der Waals surface area (Å²) in [6, 6.07) is 16.1. The number of nitrogens with zero attached hydrogens (tertiary/aromatic N) is 1. The van der Waals surface area contributed by atoms with Crippen LogP contribution in [0.5, 0.6) is 5.75 Å². The molecule has 1 aliphatic heterocycles. The third kappa shape index (κ3) is 6.33. The summed E-state index contributed by atoms with van der Waals surface area (Å²) in [5, 5.41) is 11.0. The fourth-order valence-corrected chi connectivity index (χ4v) is 4.46. The van der Waals surface area contributed by atoms with E-state index in [0.29, 0.717) is 16.3 Å². The van der Waals surface area contributed by atoms with Gasteiger partial charge in [-0.25, -0.2) is 0 Å². The minimum absolute atomic E-state index is 0.0731. The van der Waals surface area contributed by atoms with Gasteiger partial charge in [-0.3, -0.25) is 19.9 Å². The lowest BCUT2D eigenvalue weighted by Crippen LogP contribution is -2.28. The number of nitrogens with one attached hydrogen (secondary N) is 2. The minimum atomic E-state index is -4.59. The highest BCUT2D eigenvalue weighted by Gasteiger charge is 2.36. The van der Waals surface area contributed by atoms with Gasteiger partial charge in [0.15, 0.2) is 11.8 Å². The Balaban J connectivity index is 1.53. The molecule has 0 radical (unpaired) electrons. The van der Waals surface area contributed by atoms with Gasteiger partial charge >= 0.3 is 6.18 Å². The van der Waals surface area contributed by atoms with Crippen LogP contribution in [0.2, 0.25) is 5.02 Å². The summed E-state index contributed by atoms with van der Waals surface area (Å²) in [6.45, 7) is 1.61. The number of amidine groups is 1. The number of carbonyl (C=O) groups is 2. The van der Waals surface area contributed by atoms with E-state index in [9.17, 15) is 22.8 Å². The van der Waals surface area contributed by atoms with Crippen LogP contribution in [-0.4, -0.2) is 23.6 Å². The molecule has 1 heterocycles. The zero-order valence-corrected chi connectivity index (χ0v) is 20.8. The zero-order valence-electron chi connectivity index (χ0n) is 19.2. The monoisotopic (exact) mass is 545 g/mol. The normalized spacial score (nSPS) is 14.8. The van der Waals surface area contributed by atoms with Crippen molar-refractivity contribution in [2.75, 3.05) is 16.8 Å². The number of aryl methyl sites for hydroxylation is 1. The molecular weight excluding hydrogens is 527 g/mol. The maximum atomic E-state index is 13.1. The van der Waals surface area contributed by atoms with E-state index >= 15 is 0 Å². The van der Waals surface area contributed by atoms with Crippen LogP contribution in [0, 0.1) is 12.3 Å². The van der Waals surface area contributed by atoms with E-state index in [1.807, 2.05) is 19.1 Å². The Morgan fingerprint density at radius 1 is 1.14 bits per heavy atom. The molecule has 4 rings (SSSR count). The van der Waals surface area contributed by atoms with Crippen molar-refractivity contribution >= 4 is 57.8 Å². The second-order valence-electron chi connectivity index (χ2n) is 7.99. The Hall–Kier alpha value is -3.76. The van der Waals surface area contributed by atoms with Crippen molar-refractivity contribution in [1.29, 1.82) is 5.41 Å². The highest BCUT2D eigenvalue weighted by Crippen LogP contribution is 2.39. The van der Waals surface area contributed by atoms with E-state index in [4.69, 9.17) is 21.7 Å². The largest absolute Gasteiger partial charge is 0.483 e. The minimum Gasteiger partial charge on any atom is -0.483 e. The van der Waals surface area contributed by atoms with Crippen molar-refractivity contribution in [1.82, 2.24) is 0 Å². The first-order valence-corrected chi connectivity index (χ1v) is 12.0. The number of thioether (sulfide) groups is 1. The van der Waals surface area contributed by atoms with Gasteiger partial charge in [0.1, 0.15) is 5.75 Å². The molecule has 0 aliphatic carbocycles. The van der Waals surface area contributed by atoms with E-state index in [0.717, 1.165) is 34.4 Å². The topological polar surface area (TPSA) is 82.5 Å². The number of hydrogen-bond donors (Lipinski definition) is 2. The molecule has 37 heavy (non-hydrogen) atoms. The van der Waals surface area contributed by atoms with Crippen molar-refractivity contribution in [3.8, 4) is 5.75 Å². The van der Waals surface area contributed by atoms with Crippen molar-refractivity contribution in [2.45, 2.75) is 13.1 Å². The number of carbonyl (C=O) groups excluding carboxylic acids is 2. The molecular formula is C26H19ClF3N3O3S. The Morgan fingerprint density at radius 2 is 1.86 bits per heavy atom. The molecule has 3 aromatic rings. The van der Waals surface area contributed by atoms with Gasteiger partial charge < -0.3 is 10.1 Å². The van der Waals surface area contributed by atoms with E-state index in [1.165, 1.54) is 30.3 Å². The lowest BCUT2D eigenvalue weighted by molar-refractivity contribution is -0.137. The van der Waals surface area contributed by atoms with E-state index in [-0.39, 0.29) is 28.1 Å². The lowest BCUT2D eigenvalue weighted by atomic mass is 10.1. The van der Waals surface area contributed by atoms with Gasteiger partial charge in [0.05, 0.1) is 16.2 Å². The molecule has 1 saturated heterocycles. The summed E-state index contributed by atoms with van der Waals surface area (Å²) in [5.74, 6) is -0.813. The second-order valence-corrected chi connectivity index (χ2v) is 9.46. The van der Waals surface area contributed by atoms with Crippen molar-refractivity contribution in [3.63, 3.8) is 0 Å². The Labute approximate surface area is 219 Å².